The Morgan fingerprint density at radius 1 is 1.08 bits per heavy atom. The van der Waals surface area contributed by atoms with Crippen LogP contribution in [0, 0.1) is 0 Å². The van der Waals surface area contributed by atoms with Crippen LogP contribution in [0.5, 0.6) is 11.5 Å². The second-order valence-corrected chi connectivity index (χ2v) is 5.47. The third-order valence-corrected chi connectivity index (χ3v) is 3.52. The highest BCUT2D eigenvalue weighted by Gasteiger charge is 2.05. The molecule has 140 valence electrons. The molecule has 0 atom stereocenters. The van der Waals surface area contributed by atoms with Crippen molar-refractivity contribution in [3.8, 4) is 11.5 Å². The maximum atomic E-state index is 12.1. The van der Waals surface area contributed by atoms with E-state index in [-0.39, 0.29) is 18.3 Å². The maximum Gasteiger partial charge on any atom is 0.387 e. The van der Waals surface area contributed by atoms with E-state index in [1.807, 2.05) is 24.3 Å². The molecule has 2 rings (SSSR count). The zero-order valence-electron chi connectivity index (χ0n) is 14.4. The zero-order chi connectivity index (χ0) is 18.8. The lowest BCUT2D eigenvalue weighted by atomic mass is 10.1. The molecule has 0 saturated carbocycles. The highest BCUT2D eigenvalue weighted by atomic mass is 19.3. The molecule has 0 aliphatic rings. The highest BCUT2D eigenvalue weighted by molar-refractivity contribution is 5.77. The Balaban J connectivity index is 1.64. The summed E-state index contributed by atoms with van der Waals surface area (Å²) in [6.07, 6.45) is 0.580. The van der Waals surface area contributed by atoms with Crippen molar-refractivity contribution < 1.29 is 27.8 Å². The number of amides is 1. The molecule has 5 nitrogen and oxygen atoms in total. The number of hydrogen-bond acceptors (Lipinski definition) is 4. The van der Waals surface area contributed by atoms with E-state index in [0.717, 1.165) is 16.9 Å². The maximum absolute atomic E-state index is 12.1. The number of ether oxygens (including phenoxy) is 3. The van der Waals surface area contributed by atoms with Gasteiger partial charge in [0.25, 0.3) is 0 Å². The standard InChI is InChI=1S/C19H21F2NO4/c1-24-17-4-2-3-15(11-17)12-25-13-18(23)22-10-9-14-5-7-16(8-6-14)26-19(20)21/h2-8,11,19H,9-10,12-13H2,1H3,(H,22,23). The molecule has 2 aromatic rings. The van der Waals surface area contributed by atoms with Crippen LogP contribution in [0.25, 0.3) is 0 Å². The summed E-state index contributed by atoms with van der Waals surface area (Å²) >= 11 is 0. The van der Waals surface area contributed by atoms with Crippen LogP contribution in [0.2, 0.25) is 0 Å². The summed E-state index contributed by atoms with van der Waals surface area (Å²) in [4.78, 5) is 11.8. The Morgan fingerprint density at radius 3 is 2.54 bits per heavy atom. The third-order valence-electron chi connectivity index (χ3n) is 3.52. The van der Waals surface area contributed by atoms with Crippen molar-refractivity contribution in [3.05, 3.63) is 59.7 Å². The van der Waals surface area contributed by atoms with Crippen molar-refractivity contribution >= 4 is 5.91 Å². The van der Waals surface area contributed by atoms with Gasteiger partial charge in [-0.15, -0.1) is 0 Å². The Bertz CT molecular complexity index is 692. The summed E-state index contributed by atoms with van der Waals surface area (Å²) in [6, 6.07) is 13.7. The van der Waals surface area contributed by atoms with Gasteiger partial charge in [0.1, 0.15) is 18.1 Å². The van der Waals surface area contributed by atoms with E-state index in [1.165, 1.54) is 12.1 Å². The van der Waals surface area contributed by atoms with E-state index in [0.29, 0.717) is 19.6 Å². The van der Waals surface area contributed by atoms with Gasteiger partial charge in [0.15, 0.2) is 0 Å². The minimum atomic E-state index is -2.84. The molecule has 0 fully saturated rings. The fourth-order valence-electron chi connectivity index (χ4n) is 2.26. The van der Waals surface area contributed by atoms with Crippen molar-refractivity contribution in [3.63, 3.8) is 0 Å². The molecule has 0 saturated heterocycles. The minimum absolute atomic E-state index is 0.0433. The van der Waals surface area contributed by atoms with Crippen molar-refractivity contribution in [2.45, 2.75) is 19.6 Å². The first-order valence-corrected chi connectivity index (χ1v) is 8.08. The monoisotopic (exact) mass is 365 g/mol. The van der Waals surface area contributed by atoms with Gasteiger partial charge in [0, 0.05) is 6.54 Å². The van der Waals surface area contributed by atoms with Crippen molar-refractivity contribution in [2.24, 2.45) is 0 Å². The second kappa shape index (κ2) is 10.4. The molecule has 1 N–H and O–H groups in total. The summed E-state index contributed by atoms with van der Waals surface area (Å²) in [5.74, 6) is 0.629. The molecule has 26 heavy (non-hydrogen) atoms. The molecule has 0 heterocycles. The Kier molecular flexibility index (Phi) is 7.82. The van der Waals surface area contributed by atoms with Crippen LogP contribution in [0.15, 0.2) is 48.5 Å². The first kappa shape index (κ1) is 19.7. The molecule has 2 aromatic carbocycles. The van der Waals surface area contributed by atoms with Crippen LogP contribution in [-0.4, -0.2) is 32.8 Å². The van der Waals surface area contributed by atoms with Gasteiger partial charge >= 0.3 is 6.61 Å². The smallest absolute Gasteiger partial charge is 0.387 e. The fraction of sp³-hybridized carbons (Fsp3) is 0.316. The second-order valence-electron chi connectivity index (χ2n) is 5.47. The molecule has 0 spiro atoms. The Morgan fingerprint density at radius 2 is 1.85 bits per heavy atom. The molecular formula is C19H21F2NO4. The number of halogens is 2. The van der Waals surface area contributed by atoms with Gasteiger partial charge in [-0.3, -0.25) is 4.79 Å². The van der Waals surface area contributed by atoms with Crippen molar-refractivity contribution in [2.75, 3.05) is 20.3 Å². The zero-order valence-corrected chi connectivity index (χ0v) is 14.4. The largest absolute Gasteiger partial charge is 0.497 e. The van der Waals surface area contributed by atoms with Crippen LogP contribution in [-0.2, 0) is 22.6 Å². The van der Waals surface area contributed by atoms with E-state index in [2.05, 4.69) is 10.1 Å². The lowest BCUT2D eigenvalue weighted by molar-refractivity contribution is -0.126. The highest BCUT2D eigenvalue weighted by Crippen LogP contribution is 2.15. The van der Waals surface area contributed by atoms with Crippen LogP contribution in [0.4, 0.5) is 8.78 Å². The lowest BCUT2D eigenvalue weighted by Gasteiger charge is -2.08. The molecule has 0 aromatic heterocycles. The SMILES string of the molecule is COc1cccc(COCC(=O)NCCc2ccc(OC(F)F)cc2)c1. The first-order valence-electron chi connectivity index (χ1n) is 8.08. The van der Waals surface area contributed by atoms with Gasteiger partial charge in [-0.1, -0.05) is 24.3 Å². The van der Waals surface area contributed by atoms with Crippen molar-refractivity contribution in [1.82, 2.24) is 5.32 Å². The number of hydrogen-bond donors (Lipinski definition) is 1. The average Bonchev–Trinajstić information content (AvgIpc) is 2.63. The molecule has 7 heteroatoms. The van der Waals surface area contributed by atoms with E-state index < -0.39 is 6.61 Å². The topological polar surface area (TPSA) is 56.8 Å². The number of carbonyl (C=O) groups excluding carboxylic acids is 1. The van der Waals surface area contributed by atoms with E-state index in [4.69, 9.17) is 9.47 Å². The molecule has 0 unspecified atom stereocenters. The van der Waals surface area contributed by atoms with Gasteiger partial charge in [-0.05, 0) is 41.8 Å². The molecule has 0 bridgehead atoms. The normalized spacial score (nSPS) is 10.6. The Hall–Kier alpha value is -2.67. The van der Waals surface area contributed by atoms with Gasteiger partial charge in [-0.25, -0.2) is 0 Å². The molecule has 0 radical (unpaired) electrons. The van der Waals surface area contributed by atoms with E-state index in [9.17, 15) is 13.6 Å². The molecule has 0 aliphatic carbocycles. The van der Waals surface area contributed by atoms with Gasteiger partial charge in [-0.2, -0.15) is 8.78 Å². The summed E-state index contributed by atoms with van der Waals surface area (Å²) in [5.41, 5.74) is 1.83. The molecular weight excluding hydrogens is 344 g/mol. The Labute approximate surface area is 150 Å². The summed E-state index contributed by atoms with van der Waals surface area (Å²) < 4.78 is 38.9. The number of alkyl halides is 2. The van der Waals surface area contributed by atoms with Crippen LogP contribution in [0.1, 0.15) is 11.1 Å². The van der Waals surface area contributed by atoms with Crippen LogP contribution >= 0.6 is 0 Å². The van der Waals surface area contributed by atoms with Gasteiger partial charge in [0.05, 0.1) is 13.7 Å². The molecule has 1 amide bonds. The van der Waals surface area contributed by atoms with Crippen molar-refractivity contribution in [1.29, 1.82) is 0 Å². The number of carbonyl (C=O) groups is 1. The lowest BCUT2D eigenvalue weighted by Crippen LogP contribution is -2.29. The number of methoxy groups -OCH3 is 1. The minimum Gasteiger partial charge on any atom is -0.497 e. The van der Waals surface area contributed by atoms with Gasteiger partial charge in [0.2, 0.25) is 5.91 Å². The summed E-state index contributed by atoms with van der Waals surface area (Å²) in [7, 11) is 1.59. The number of benzene rings is 2. The molecule has 0 aliphatic heterocycles. The van der Waals surface area contributed by atoms with Crippen LogP contribution in [0.3, 0.4) is 0 Å². The first-order chi connectivity index (χ1) is 12.6. The van der Waals surface area contributed by atoms with Crippen LogP contribution < -0.4 is 14.8 Å². The fourth-order valence-corrected chi connectivity index (χ4v) is 2.26. The number of nitrogens with one attached hydrogen (secondary N) is 1. The van der Waals surface area contributed by atoms with E-state index >= 15 is 0 Å². The van der Waals surface area contributed by atoms with Gasteiger partial charge < -0.3 is 19.5 Å². The number of rotatable bonds is 10. The third kappa shape index (κ3) is 7.06. The predicted octanol–water partition coefficient (Wildman–Crippen LogP) is 3.17. The quantitative estimate of drug-likeness (QED) is 0.703. The average molecular weight is 365 g/mol. The predicted molar refractivity (Wildman–Crippen MR) is 92.4 cm³/mol. The summed E-state index contributed by atoms with van der Waals surface area (Å²) in [5, 5.41) is 2.75. The van der Waals surface area contributed by atoms with E-state index in [1.54, 1.807) is 19.2 Å². The summed E-state index contributed by atoms with van der Waals surface area (Å²) in [6.45, 7) is -2.14.